The van der Waals surface area contributed by atoms with Gasteiger partial charge in [0.25, 0.3) is 0 Å². The fourth-order valence-electron chi connectivity index (χ4n) is 3.16. The summed E-state index contributed by atoms with van der Waals surface area (Å²) in [6.45, 7) is 2.35. The van der Waals surface area contributed by atoms with E-state index in [4.69, 9.17) is 11.6 Å². The number of carboxylic acids is 1. The van der Waals surface area contributed by atoms with Gasteiger partial charge in [-0.25, -0.2) is 8.42 Å². The van der Waals surface area contributed by atoms with E-state index in [0.29, 0.717) is 17.8 Å². The number of sulfonamides is 1. The van der Waals surface area contributed by atoms with Crippen molar-refractivity contribution in [3.63, 3.8) is 0 Å². The summed E-state index contributed by atoms with van der Waals surface area (Å²) < 4.78 is 29.5. The lowest BCUT2D eigenvalue weighted by Gasteiger charge is -2.35. The normalized spacial score (nSPS) is 18.3. The number of aryl methyl sites for hydroxylation is 1. The van der Waals surface area contributed by atoms with Crippen molar-refractivity contribution in [2.75, 3.05) is 6.54 Å². The van der Waals surface area contributed by atoms with Gasteiger partial charge in [-0.3, -0.25) is 4.79 Å². The minimum atomic E-state index is -3.91. The molecule has 1 aromatic carbocycles. The number of hydrogen-bond acceptors (Lipinski definition) is 3. The number of fused-ring (bicyclic) bond motifs is 1. The van der Waals surface area contributed by atoms with Crippen LogP contribution in [-0.4, -0.2) is 34.9 Å². The van der Waals surface area contributed by atoms with Gasteiger partial charge in [-0.2, -0.15) is 4.31 Å². The Morgan fingerprint density at radius 1 is 1.29 bits per heavy atom. The summed E-state index contributed by atoms with van der Waals surface area (Å²) in [5.74, 6) is -1.05. The van der Waals surface area contributed by atoms with Gasteiger partial charge in [-0.1, -0.05) is 23.7 Å². The molecule has 1 aromatic heterocycles. The molecular formula is C16H17ClN2O4S. The molecule has 0 fully saturated rings. The first-order chi connectivity index (χ1) is 11.3. The van der Waals surface area contributed by atoms with Crippen molar-refractivity contribution < 1.29 is 18.3 Å². The molecule has 1 unspecified atom stereocenters. The third-order valence-corrected chi connectivity index (χ3v) is 6.75. The number of nitrogens with zero attached hydrogens (tertiary/aromatic N) is 2. The number of hydrogen-bond donors (Lipinski definition) is 1. The smallest absolute Gasteiger partial charge is 0.305 e. The Hall–Kier alpha value is -1.83. The Labute approximate surface area is 145 Å². The second-order valence-electron chi connectivity index (χ2n) is 5.74. The first-order valence-corrected chi connectivity index (χ1v) is 9.28. The summed E-state index contributed by atoms with van der Waals surface area (Å²) in [4.78, 5) is 11.3. The molecule has 0 aliphatic carbocycles. The van der Waals surface area contributed by atoms with Gasteiger partial charge < -0.3 is 9.67 Å². The summed E-state index contributed by atoms with van der Waals surface area (Å²) in [5, 5.41) is 9.38. The number of carboxylic acid groups (broad SMARTS) is 1. The van der Waals surface area contributed by atoms with Crippen molar-refractivity contribution in [3.8, 4) is 0 Å². The summed E-state index contributed by atoms with van der Waals surface area (Å²) in [6.07, 6.45) is 1.53. The fourth-order valence-corrected chi connectivity index (χ4v) is 5.54. The molecule has 2 heterocycles. The number of aliphatic carboxylic acids is 1. The third-order valence-electron chi connectivity index (χ3n) is 4.21. The summed E-state index contributed by atoms with van der Waals surface area (Å²) in [7, 11) is -3.91. The van der Waals surface area contributed by atoms with Crippen molar-refractivity contribution in [2.45, 2.75) is 30.8 Å². The van der Waals surface area contributed by atoms with Crippen LogP contribution in [0.25, 0.3) is 0 Å². The van der Waals surface area contributed by atoms with Gasteiger partial charge in [0.05, 0.1) is 17.5 Å². The Balaban J connectivity index is 2.11. The zero-order chi connectivity index (χ0) is 17.5. The molecule has 1 atom stereocenters. The van der Waals surface area contributed by atoms with Gasteiger partial charge in [0, 0.05) is 25.0 Å². The maximum Gasteiger partial charge on any atom is 0.305 e. The number of benzene rings is 1. The Kier molecular flexibility index (Phi) is 4.42. The highest BCUT2D eigenvalue weighted by atomic mass is 35.5. The molecule has 1 N–H and O–H groups in total. The highest BCUT2D eigenvalue weighted by Gasteiger charge is 2.39. The van der Waals surface area contributed by atoms with Crippen LogP contribution in [0.3, 0.4) is 0 Å². The molecule has 0 saturated carbocycles. The van der Waals surface area contributed by atoms with Crippen LogP contribution in [0.5, 0.6) is 0 Å². The van der Waals surface area contributed by atoms with Crippen LogP contribution in [-0.2, 0) is 21.4 Å². The third kappa shape index (κ3) is 2.83. The molecule has 0 spiro atoms. The lowest BCUT2D eigenvalue weighted by molar-refractivity contribution is -0.138. The second kappa shape index (κ2) is 6.23. The van der Waals surface area contributed by atoms with Gasteiger partial charge in [0.2, 0.25) is 10.0 Å². The first-order valence-electron chi connectivity index (χ1n) is 7.46. The first kappa shape index (κ1) is 17.0. The predicted molar refractivity (Wildman–Crippen MR) is 89.5 cm³/mol. The molecule has 2 aromatic rings. The van der Waals surface area contributed by atoms with E-state index in [1.165, 1.54) is 10.4 Å². The van der Waals surface area contributed by atoms with Gasteiger partial charge >= 0.3 is 5.97 Å². The summed E-state index contributed by atoms with van der Waals surface area (Å²) in [6, 6.07) is 7.69. The van der Waals surface area contributed by atoms with Crippen molar-refractivity contribution in [2.24, 2.45) is 0 Å². The molecule has 0 amide bonds. The van der Waals surface area contributed by atoms with E-state index in [9.17, 15) is 18.3 Å². The molecular weight excluding hydrogens is 352 g/mol. The average Bonchev–Trinajstić information content (AvgIpc) is 2.95. The maximum atomic E-state index is 13.2. The Morgan fingerprint density at radius 3 is 2.71 bits per heavy atom. The van der Waals surface area contributed by atoms with Crippen LogP contribution in [0.4, 0.5) is 0 Å². The predicted octanol–water partition coefficient (Wildman–Crippen LogP) is 2.67. The zero-order valence-corrected chi connectivity index (χ0v) is 14.6. The van der Waals surface area contributed by atoms with Crippen molar-refractivity contribution >= 4 is 27.6 Å². The number of rotatable bonds is 4. The van der Waals surface area contributed by atoms with Gasteiger partial charge in [-0.15, -0.1) is 0 Å². The van der Waals surface area contributed by atoms with Crippen LogP contribution < -0.4 is 0 Å². The number of aromatic nitrogens is 1. The molecule has 6 nitrogen and oxygen atoms in total. The van der Waals surface area contributed by atoms with E-state index in [1.807, 2.05) is 10.8 Å². The highest BCUT2D eigenvalue weighted by Crippen LogP contribution is 2.36. The molecule has 0 saturated heterocycles. The molecule has 1 aliphatic heterocycles. The molecule has 1 aliphatic rings. The quantitative estimate of drug-likeness (QED) is 0.899. The van der Waals surface area contributed by atoms with Crippen LogP contribution >= 0.6 is 11.6 Å². The summed E-state index contributed by atoms with van der Waals surface area (Å²) >= 11 is 6.14. The lowest BCUT2D eigenvalue weighted by atomic mass is 10.1. The van der Waals surface area contributed by atoms with Crippen LogP contribution in [0.1, 0.15) is 23.7 Å². The van der Waals surface area contributed by atoms with E-state index in [0.717, 1.165) is 0 Å². The minimum Gasteiger partial charge on any atom is -0.481 e. The largest absolute Gasteiger partial charge is 0.481 e. The molecule has 8 heteroatoms. The van der Waals surface area contributed by atoms with Crippen LogP contribution in [0.15, 0.2) is 41.4 Å². The topological polar surface area (TPSA) is 79.6 Å². The Bertz CT molecular complexity index is 871. The van der Waals surface area contributed by atoms with Crippen molar-refractivity contribution in [1.29, 1.82) is 0 Å². The zero-order valence-electron chi connectivity index (χ0n) is 13.0. The lowest BCUT2D eigenvalue weighted by Crippen LogP contribution is -2.42. The van der Waals surface area contributed by atoms with E-state index in [2.05, 4.69) is 0 Å². The highest BCUT2D eigenvalue weighted by molar-refractivity contribution is 7.89. The molecule has 3 rings (SSSR count). The van der Waals surface area contributed by atoms with E-state index in [1.54, 1.807) is 31.2 Å². The monoisotopic (exact) mass is 368 g/mol. The van der Waals surface area contributed by atoms with Crippen LogP contribution in [0.2, 0.25) is 5.02 Å². The number of carbonyl (C=O) groups is 1. The standard InChI is InChI=1S/C16H17ClN2O4S/c1-11-4-2-5-12(17)16(11)24(22,23)19-9-8-18-7-3-6-13(18)14(19)10-15(20)21/h2-7,14H,8-10H2,1H3,(H,20,21). The summed E-state index contributed by atoms with van der Waals surface area (Å²) in [5.41, 5.74) is 1.22. The van der Waals surface area contributed by atoms with Crippen molar-refractivity contribution in [3.05, 3.63) is 52.8 Å². The van der Waals surface area contributed by atoms with Gasteiger partial charge in [0.15, 0.2) is 0 Å². The molecule has 0 radical (unpaired) electrons. The minimum absolute atomic E-state index is 0.0436. The van der Waals surface area contributed by atoms with E-state index in [-0.39, 0.29) is 22.9 Å². The molecule has 24 heavy (non-hydrogen) atoms. The van der Waals surface area contributed by atoms with Crippen molar-refractivity contribution in [1.82, 2.24) is 8.87 Å². The fraction of sp³-hybridized carbons (Fsp3) is 0.312. The molecule has 128 valence electrons. The van der Waals surface area contributed by atoms with Crippen LogP contribution in [0, 0.1) is 6.92 Å². The van der Waals surface area contributed by atoms with Gasteiger partial charge in [0.1, 0.15) is 4.90 Å². The number of halogens is 1. The molecule has 0 bridgehead atoms. The van der Waals surface area contributed by atoms with E-state index < -0.39 is 22.0 Å². The van der Waals surface area contributed by atoms with Gasteiger partial charge in [-0.05, 0) is 30.7 Å². The SMILES string of the molecule is Cc1cccc(Cl)c1S(=O)(=O)N1CCn2cccc2C1CC(=O)O. The Morgan fingerprint density at radius 2 is 2.04 bits per heavy atom. The average molecular weight is 369 g/mol. The van der Waals surface area contributed by atoms with E-state index >= 15 is 0 Å². The second-order valence-corrected chi connectivity index (χ2v) is 7.98. The maximum absolute atomic E-state index is 13.2.